The summed E-state index contributed by atoms with van der Waals surface area (Å²) >= 11 is 0. The van der Waals surface area contributed by atoms with Crippen LogP contribution in [0.2, 0.25) is 0 Å². The van der Waals surface area contributed by atoms with E-state index in [1.54, 1.807) is 13.3 Å². The van der Waals surface area contributed by atoms with Crippen molar-refractivity contribution in [2.45, 2.75) is 0 Å². The molecule has 0 aliphatic heterocycles. The Kier molecular flexibility index (Phi) is 4.36. The van der Waals surface area contributed by atoms with E-state index in [2.05, 4.69) is 26.2 Å². The number of ether oxygens (including phenoxy) is 2. The Bertz CT molecular complexity index is 1310. The second-order valence-corrected chi connectivity index (χ2v) is 6.64. The maximum atomic E-state index is 5.83. The van der Waals surface area contributed by atoms with Crippen molar-refractivity contribution in [2.24, 2.45) is 7.05 Å². The predicted octanol–water partition coefficient (Wildman–Crippen LogP) is 4.49. The van der Waals surface area contributed by atoms with E-state index in [0.29, 0.717) is 23.1 Å². The highest BCUT2D eigenvalue weighted by Crippen LogP contribution is 2.26. The van der Waals surface area contributed by atoms with Gasteiger partial charge in [0.2, 0.25) is 11.7 Å². The number of rotatable bonds is 5. The number of aryl methyl sites for hydroxylation is 1. The van der Waals surface area contributed by atoms with Crippen LogP contribution in [0.5, 0.6) is 17.4 Å². The third kappa shape index (κ3) is 3.35. The molecule has 0 saturated heterocycles. The van der Waals surface area contributed by atoms with Gasteiger partial charge in [-0.2, -0.15) is 4.98 Å². The molecule has 148 valence electrons. The Labute approximate surface area is 171 Å². The minimum atomic E-state index is 0.282. The molecule has 0 N–H and O–H groups in total. The lowest BCUT2D eigenvalue weighted by Gasteiger charge is -2.05. The standard InChI is InChI=1S/C22H17N5O3/c1-27-10-9-14-3-8-17(11-19(14)27)29-20-13-23-18(12-24-20)22-25-21(26-30-22)15-4-6-16(28-2)7-5-15/h3-13H,1-2H3. The number of methoxy groups -OCH3 is 1. The molecule has 8 heteroatoms. The molecular formula is C22H17N5O3. The number of hydrogen-bond donors (Lipinski definition) is 0. The summed E-state index contributed by atoms with van der Waals surface area (Å²) in [5.74, 6) is 2.57. The summed E-state index contributed by atoms with van der Waals surface area (Å²) in [7, 11) is 3.61. The number of aromatic nitrogens is 5. The smallest absolute Gasteiger partial charge is 0.278 e. The number of benzene rings is 2. The van der Waals surface area contributed by atoms with Crippen molar-refractivity contribution in [3.63, 3.8) is 0 Å². The maximum Gasteiger partial charge on any atom is 0.278 e. The van der Waals surface area contributed by atoms with Crippen molar-refractivity contribution in [3.05, 3.63) is 67.1 Å². The third-order valence-electron chi connectivity index (χ3n) is 4.70. The van der Waals surface area contributed by atoms with Crippen molar-refractivity contribution in [3.8, 4) is 40.4 Å². The molecule has 0 unspecified atom stereocenters. The quantitative estimate of drug-likeness (QED) is 0.430. The number of hydrogen-bond acceptors (Lipinski definition) is 7. The lowest BCUT2D eigenvalue weighted by molar-refractivity contribution is 0.414. The molecule has 3 aromatic heterocycles. The summed E-state index contributed by atoms with van der Waals surface area (Å²) in [6, 6.07) is 15.3. The average molecular weight is 399 g/mol. The highest BCUT2D eigenvalue weighted by molar-refractivity contribution is 5.81. The van der Waals surface area contributed by atoms with E-state index in [4.69, 9.17) is 14.0 Å². The fraction of sp³-hybridized carbons (Fsp3) is 0.0909. The van der Waals surface area contributed by atoms with Crippen LogP contribution < -0.4 is 9.47 Å². The van der Waals surface area contributed by atoms with E-state index in [-0.39, 0.29) is 5.89 Å². The molecule has 0 atom stereocenters. The van der Waals surface area contributed by atoms with Crippen LogP contribution in [-0.2, 0) is 7.05 Å². The fourth-order valence-corrected chi connectivity index (χ4v) is 3.09. The normalized spacial score (nSPS) is 11.0. The first-order valence-electron chi connectivity index (χ1n) is 9.23. The van der Waals surface area contributed by atoms with Gasteiger partial charge in [-0.1, -0.05) is 5.16 Å². The number of nitrogens with zero attached hydrogens (tertiary/aromatic N) is 5. The SMILES string of the molecule is COc1ccc(-c2noc(-c3cnc(Oc4ccc5ccn(C)c5c4)cn3)n2)cc1. The Morgan fingerprint density at radius 3 is 2.53 bits per heavy atom. The fourth-order valence-electron chi connectivity index (χ4n) is 3.09. The first-order chi connectivity index (χ1) is 14.7. The van der Waals surface area contributed by atoms with Crippen molar-refractivity contribution in [1.29, 1.82) is 0 Å². The second-order valence-electron chi connectivity index (χ2n) is 6.64. The van der Waals surface area contributed by atoms with Gasteiger partial charge in [-0.25, -0.2) is 9.97 Å². The van der Waals surface area contributed by atoms with Crippen LogP contribution >= 0.6 is 0 Å². The van der Waals surface area contributed by atoms with E-state index >= 15 is 0 Å². The van der Waals surface area contributed by atoms with Gasteiger partial charge in [-0.05, 0) is 47.9 Å². The lowest BCUT2D eigenvalue weighted by atomic mass is 10.2. The molecule has 3 heterocycles. The summed E-state index contributed by atoms with van der Waals surface area (Å²) in [5, 5.41) is 5.16. The van der Waals surface area contributed by atoms with Crippen LogP contribution in [0.25, 0.3) is 33.9 Å². The van der Waals surface area contributed by atoms with Crippen LogP contribution in [0.1, 0.15) is 0 Å². The zero-order chi connectivity index (χ0) is 20.5. The van der Waals surface area contributed by atoms with Gasteiger partial charge < -0.3 is 18.6 Å². The first kappa shape index (κ1) is 17.9. The highest BCUT2D eigenvalue weighted by atomic mass is 16.5. The molecule has 0 amide bonds. The predicted molar refractivity (Wildman–Crippen MR) is 110 cm³/mol. The molecule has 2 aromatic carbocycles. The molecule has 0 aliphatic carbocycles. The molecule has 5 aromatic rings. The molecule has 0 fully saturated rings. The maximum absolute atomic E-state index is 5.83. The van der Waals surface area contributed by atoms with E-state index in [9.17, 15) is 0 Å². The summed E-state index contributed by atoms with van der Waals surface area (Å²) < 4.78 is 18.4. The highest BCUT2D eigenvalue weighted by Gasteiger charge is 2.13. The minimum absolute atomic E-state index is 0.282. The van der Waals surface area contributed by atoms with Gasteiger partial charge in [0.1, 0.15) is 17.2 Å². The summed E-state index contributed by atoms with van der Waals surface area (Å²) in [6.07, 6.45) is 5.08. The van der Waals surface area contributed by atoms with Gasteiger partial charge in [-0.3, -0.25) is 0 Å². The Hall–Kier alpha value is -4.20. The number of fused-ring (bicyclic) bond motifs is 1. The zero-order valence-corrected chi connectivity index (χ0v) is 16.3. The van der Waals surface area contributed by atoms with Crippen LogP contribution in [0, 0.1) is 0 Å². The average Bonchev–Trinajstić information content (AvgIpc) is 3.42. The molecule has 0 saturated carbocycles. The Morgan fingerprint density at radius 1 is 0.933 bits per heavy atom. The Morgan fingerprint density at radius 2 is 1.77 bits per heavy atom. The molecule has 5 rings (SSSR count). The topological polar surface area (TPSA) is 88.1 Å². The molecule has 0 bridgehead atoms. The molecule has 0 aliphatic rings. The minimum Gasteiger partial charge on any atom is -0.497 e. The lowest BCUT2D eigenvalue weighted by Crippen LogP contribution is -1.92. The van der Waals surface area contributed by atoms with Gasteiger partial charge in [0.05, 0.1) is 25.0 Å². The molecule has 30 heavy (non-hydrogen) atoms. The molecule has 0 spiro atoms. The summed E-state index contributed by atoms with van der Waals surface area (Å²) in [5.41, 5.74) is 2.36. The monoisotopic (exact) mass is 399 g/mol. The molecule has 0 radical (unpaired) electrons. The summed E-state index contributed by atoms with van der Waals surface area (Å²) in [4.78, 5) is 13.0. The van der Waals surface area contributed by atoms with Gasteiger partial charge in [0.15, 0.2) is 0 Å². The van der Waals surface area contributed by atoms with Crippen molar-refractivity contribution < 1.29 is 14.0 Å². The van der Waals surface area contributed by atoms with Crippen molar-refractivity contribution in [2.75, 3.05) is 7.11 Å². The van der Waals surface area contributed by atoms with Crippen molar-refractivity contribution in [1.82, 2.24) is 24.7 Å². The zero-order valence-electron chi connectivity index (χ0n) is 16.3. The largest absolute Gasteiger partial charge is 0.497 e. The van der Waals surface area contributed by atoms with E-state index in [1.165, 1.54) is 6.20 Å². The van der Waals surface area contributed by atoms with Crippen LogP contribution in [0.15, 0.2) is 71.6 Å². The molecule has 8 nitrogen and oxygen atoms in total. The Balaban J connectivity index is 1.34. The summed E-state index contributed by atoms with van der Waals surface area (Å²) in [6.45, 7) is 0. The van der Waals surface area contributed by atoms with E-state index < -0.39 is 0 Å². The van der Waals surface area contributed by atoms with Crippen LogP contribution in [-0.4, -0.2) is 31.8 Å². The van der Waals surface area contributed by atoms with Gasteiger partial charge >= 0.3 is 0 Å². The van der Waals surface area contributed by atoms with Crippen LogP contribution in [0.4, 0.5) is 0 Å². The second kappa shape index (κ2) is 7.32. The van der Waals surface area contributed by atoms with Crippen molar-refractivity contribution >= 4 is 10.9 Å². The first-order valence-corrected chi connectivity index (χ1v) is 9.23. The van der Waals surface area contributed by atoms with Gasteiger partial charge in [0.25, 0.3) is 5.89 Å². The van der Waals surface area contributed by atoms with E-state index in [0.717, 1.165) is 22.2 Å². The van der Waals surface area contributed by atoms with Gasteiger partial charge in [-0.15, -0.1) is 0 Å². The van der Waals surface area contributed by atoms with E-state index in [1.807, 2.05) is 60.3 Å². The van der Waals surface area contributed by atoms with Crippen LogP contribution in [0.3, 0.4) is 0 Å². The van der Waals surface area contributed by atoms with Gasteiger partial charge in [0, 0.05) is 24.9 Å². The third-order valence-corrected chi connectivity index (χ3v) is 4.70. The molecular weight excluding hydrogens is 382 g/mol.